The molecule has 1 amide bonds. The maximum atomic E-state index is 11.7. The molecule has 0 unspecified atom stereocenters. The Balaban J connectivity index is 1.55. The molecule has 0 bridgehead atoms. The first kappa shape index (κ1) is 13.2. The molecule has 1 aliphatic carbocycles. The van der Waals surface area contributed by atoms with Crippen LogP contribution in [0.25, 0.3) is 11.0 Å². The highest BCUT2D eigenvalue weighted by atomic mass is 16.2. The molecule has 0 radical (unpaired) electrons. The lowest BCUT2D eigenvalue weighted by Crippen LogP contribution is -2.27. The molecular weight excluding hydrogens is 250 g/mol. The number of aryl methyl sites for hydroxylation is 2. The van der Waals surface area contributed by atoms with Crippen LogP contribution in [0, 0.1) is 18.8 Å². The Hall–Kier alpha value is -1.84. The number of carbonyl (C=O) groups is 1. The van der Waals surface area contributed by atoms with Crippen molar-refractivity contribution in [3.8, 4) is 0 Å². The lowest BCUT2D eigenvalue weighted by Gasteiger charge is -2.08. The van der Waals surface area contributed by atoms with Gasteiger partial charge in [0.1, 0.15) is 5.82 Å². The molecular formula is C16H21N3O. The number of nitrogens with one attached hydrogen (secondary N) is 1. The van der Waals surface area contributed by atoms with Crippen LogP contribution in [-0.2, 0) is 11.3 Å². The van der Waals surface area contributed by atoms with E-state index in [2.05, 4.69) is 27.9 Å². The van der Waals surface area contributed by atoms with Crippen LogP contribution in [0.5, 0.6) is 0 Å². The van der Waals surface area contributed by atoms with Crippen molar-refractivity contribution < 1.29 is 4.79 Å². The molecule has 1 heterocycles. The van der Waals surface area contributed by atoms with E-state index in [-0.39, 0.29) is 11.8 Å². The van der Waals surface area contributed by atoms with Crippen LogP contribution in [0.3, 0.4) is 0 Å². The topological polar surface area (TPSA) is 46.9 Å². The quantitative estimate of drug-likeness (QED) is 0.849. The van der Waals surface area contributed by atoms with Gasteiger partial charge >= 0.3 is 0 Å². The summed E-state index contributed by atoms with van der Waals surface area (Å²) in [5, 5.41) is 3.03. The molecule has 106 valence electrons. The second-order valence-electron chi connectivity index (χ2n) is 5.76. The summed E-state index contributed by atoms with van der Waals surface area (Å²) in [6, 6.07) is 8.18. The third kappa shape index (κ3) is 2.55. The molecule has 2 aromatic rings. The summed E-state index contributed by atoms with van der Waals surface area (Å²) >= 11 is 0. The number of hydrogen-bond donors (Lipinski definition) is 1. The molecule has 1 aromatic heterocycles. The number of benzene rings is 1. The summed E-state index contributed by atoms with van der Waals surface area (Å²) < 4.78 is 2.22. The number of hydrogen-bond acceptors (Lipinski definition) is 2. The Morgan fingerprint density at radius 3 is 2.95 bits per heavy atom. The molecule has 1 N–H and O–H groups in total. The van der Waals surface area contributed by atoms with Crippen LogP contribution >= 0.6 is 0 Å². The molecule has 1 aromatic carbocycles. The number of nitrogens with zero attached hydrogens (tertiary/aromatic N) is 2. The fourth-order valence-electron chi connectivity index (χ4n) is 2.75. The highest BCUT2D eigenvalue weighted by Gasteiger charge is 2.38. The minimum absolute atomic E-state index is 0.227. The molecule has 1 fully saturated rings. The van der Waals surface area contributed by atoms with Crippen LogP contribution in [0.4, 0.5) is 0 Å². The van der Waals surface area contributed by atoms with Gasteiger partial charge in [-0.1, -0.05) is 19.1 Å². The first-order valence-corrected chi connectivity index (χ1v) is 7.36. The highest BCUT2D eigenvalue weighted by Crippen LogP contribution is 2.37. The van der Waals surface area contributed by atoms with Gasteiger partial charge in [0, 0.05) is 19.0 Å². The molecule has 20 heavy (non-hydrogen) atoms. The monoisotopic (exact) mass is 271 g/mol. The van der Waals surface area contributed by atoms with Gasteiger partial charge in [0.25, 0.3) is 0 Å². The van der Waals surface area contributed by atoms with E-state index in [9.17, 15) is 4.79 Å². The van der Waals surface area contributed by atoms with E-state index in [0.29, 0.717) is 5.92 Å². The zero-order valence-electron chi connectivity index (χ0n) is 12.1. The van der Waals surface area contributed by atoms with E-state index in [1.54, 1.807) is 0 Å². The van der Waals surface area contributed by atoms with Crippen molar-refractivity contribution in [2.45, 2.75) is 33.2 Å². The number of aromatic nitrogens is 2. The molecule has 0 spiro atoms. The normalized spacial score (nSPS) is 21.1. The minimum atomic E-state index is 0.227. The molecule has 1 aliphatic rings. The fourth-order valence-corrected chi connectivity index (χ4v) is 2.75. The Morgan fingerprint density at radius 1 is 1.45 bits per heavy atom. The summed E-state index contributed by atoms with van der Waals surface area (Å²) in [5.74, 6) is 2.11. The molecule has 2 atom stereocenters. The number of rotatable bonds is 5. The van der Waals surface area contributed by atoms with Gasteiger partial charge in [-0.2, -0.15) is 0 Å². The van der Waals surface area contributed by atoms with Gasteiger partial charge in [0.2, 0.25) is 5.91 Å². The van der Waals surface area contributed by atoms with E-state index >= 15 is 0 Å². The van der Waals surface area contributed by atoms with Crippen molar-refractivity contribution in [2.24, 2.45) is 11.8 Å². The average molecular weight is 271 g/mol. The maximum Gasteiger partial charge on any atom is 0.223 e. The number of amides is 1. The van der Waals surface area contributed by atoms with Crippen molar-refractivity contribution in [3.63, 3.8) is 0 Å². The van der Waals surface area contributed by atoms with Gasteiger partial charge in [0.05, 0.1) is 11.0 Å². The number of fused-ring (bicyclic) bond motifs is 1. The van der Waals surface area contributed by atoms with E-state index in [0.717, 1.165) is 37.3 Å². The highest BCUT2D eigenvalue weighted by molar-refractivity contribution is 5.81. The smallest absolute Gasteiger partial charge is 0.223 e. The van der Waals surface area contributed by atoms with E-state index in [1.165, 1.54) is 5.52 Å². The standard InChI is InChI=1S/C16H21N3O/c1-11-10-13(11)16(20)17-8-5-9-19-12(2)18-14-6-3-4-7-15(14)19/h3-4,6-7,11,13H,5,8-10H2,1-2H3,(H,17,20)/t11-,13-/m1/s1. The predicted octanol–water partition coefficient (Wildman–Crippen LogP) is 2.51. The van der Waals surface area contributed by atoms with Crippen molar-refractivity contribution in [2.75, 3.05) is 6.54 Å². The zero-order chi connectivity index (χ0) is 14.1. The molecule has 1 saturated carbocycles. The Bertz CT molecular complexity index is 632. The summed E-state index contributed by atoms with van der Waals surface area (Å²) in [7, 11) is 0. The second-order valence-corrected chi connectivity index (χ2v) is 5.76. The van der Waals surface area contributed by atoms with Crippen LogP contribution in [0.1, 0.15) is 25.6 Å². The maximum absolute atomic E-state index is 11.7. The Labute approximate surface area is 119 Å². The van der Waals surface area contributed by atoms with E-state index in [4.69, 9.17) is 0 Å². The van der Waals surface area contributed by atoms with Crippen molar-refractivity contribution >= 4 is 16.9 Å². The van der Waals surface area contributed by atoms with E-state index < -0.39 is 0 Å². The second kappa shape index (κ2) is 5.27. The third-order valence-corrected chi connectivity index (χ3v) is 4.15. The van der Waals surface area contributed by atoms with E-state index in [1.807, 2.05) is 25.1 Å². The predicted molar refractivity (Wildman–Crippen MR) is 79.4 cm³/mol. The molecule has 0 aliphatic heterocycles. The van der Waals surface area contributed by atoms with Gasteiger partial charge in [-0.25, -0.2) is 4.98 Å². The Morgan fingerprint density at radius 2 is 2.20 bits per heavy atom. The average Bonchev–Trinajstić information content (AvgIpc) is 3.08. The van der Waals surface area contributed by atoms with Gasteiger partial charge in [0.15, 0.2) is 0 Å². The van der Waals surface area contributed by atoms with Gasteiger partial charge < -0.3 is 9.88 Å². The molecule has 4 nitrogen and oxygen atoms in total. The lowest BCUT2D eigenvalue weighted by atomic mass is 10.3. The van der Waals surface area contributed by atoms with Crippen LogP contribution in [-0.4, -0.2) is 22.0 Å². The SMILES string of the molecule is Cc1nc2ccccc2n1CCCNC(=O)[C@@H]1C[C@H]1C. The fraction of sp³-hybridized carbons (Fsp3) is 0.500. The largest absolute Gasteiger partial charge is 0.356 e. The Kier molecular flexibility index (Phi) is 3.47. The van der Waals surface area contributed by atoms with Crippen molar-refractivity contribution in [1.29, 1.82) is 0 Å². The van der Waals surface area contributed by atoms with Crippen molar-refractivity contribution in [1.82, 2.24) is 14.9 Å². The minimum Gasteiger partial charge on any atom is -0.356 e. The summed E-state index contributed by atoms with van der Waals surface area (Å²) in [6.45, 7) is 5.80. The van der Waals surface area contributed by atoms with Crippen LogP contribution in [0.15, 0.2) is 24.3 Å². The van der Waals surface area contributed by atoms with Gasteiger partial charge in [-0.3, -0.25) is 4.79 Å². The first-order valence-electron chi connectivity index (χ1n) is 7.36. The first-order chi connectivity index (χ1) is 9.66. The molecule has 3 rings (SSSR count). The summed E-state index contributed by atoms with van der Waals surface area (Å²) in [4.78, 5) is 16.3. The van der Waals surface area contributed by atoms with Gasteiger partial charge in [-0.05, 0) is 37.8 Å². The number of carbonyl (C=O) groups excluding carboxylic acids is 1. The third-order valence-electron chi connectivity index (χ3n) is 4.15. The summed E-state index contributed by atoms with van der Waals surface area (Å²) in [6.07, 6.45) is 1.99. The van der Waals surface area contributed by atoms with Crippen LogP contribution in [0.2, 0.25) is 0 Å². The zero-order valence-corrected chi connectivity index (χ0v) is 12.1. The molecule has 4 heteroatoms. The number of para-hydroxylation sites is 2. The van der Waals surface area contributed by atoms with Gasteiger partial charge in [-0.15, -0.1) is 0 Å². The van der Waals surface area contributed by atoms with Crippen molar-refractivity contribution in [3.05, 3.63) is 30.1 Å². The van der Waals surface area contributed by atoms with Crippen LogP contribution < -0.4 is 5.32 Å². The molecule has 0 saturated heterocycles. The number of imidazole rings is 1. The lowest BCUT2D eigenvalue weighted by molar-refractivity contribution is -0.122. The summed E-state index contributed by atoms with van der Waals surface area (Å²) in [5.41, 5.74) is 2.22.